The molecule has 2 fully saturated rings. The maximum Gasteiger partial charge on any atom is 0.227 e. The largest absolute Gasteiger partial charge is 0.495 e. The second-order valence-corrected chi connectivity index (χ2v) is 8.94. The second kappa shape index (κ2) is 11.7. The summed E-state index contributed by atoms with van der Waals surface area (Å²) in [5.74, 6) is 1.26. The minimum Gasteiger partial charge on any atom is -0.495 e. The molecule has 2 aromatic rings. The Morgan fingerprint density at radius 1 is 1.03 bits per heavy atom. The lowest BCUT2D eigenvalue weighted by molar-refractivity contribution is -0.135. The van der Waals surface area contributed by atoms with E-state index in [0.717, 1.165) is 18.6 Å². The van der Waals surface area contributed by atoms with Crippen LogP contribution in [0.3, 0.4) is 0 Å². The minimum absolute atomic E-state index is 0.0470. The van der Waals surface area contributed by atoms with Crippen molar-refractivity contribution < 1.29 is 23.9 Å². The quantitative estimate of drug-likeness (QED) is 0.621. The highest BCUT2D eigenvalue weighted by Gasteiger charge is 2.28. The van der Waals surface area contributed by atoms with E-state index in [-0.39, 0.29) is 23.6 Å². The van der Waals surface area contributed by atoms with E-state index in [1.54, 1.807) is 24.1 Å². The highest BCUT2D eigenvalue weighted by Crippen LogP contribution is 2.34. The number of para-hydroxylation sites is 1. The van der Waals surface area contributed by atoms with Crippen LogP contribution < -0.4 is 19.7 Å². The van der Waals surface area contributed by atoms with Gasteiger partial charge in [-0.3, -0.25) is 14.4 Å². The summed E-state index contributed by atoms with van der Waals surface area (Å²) < 4.78 is 11.1. The molecule has 35 heavy (non-hydrogen) atoms. The Morgan fingerprint density at radius 3 is 2.51 bits per heavy atom. The average Bonchev–Trinajstić information content (AvgIpc) is 2.89. The van der Waals surface area contributed by atoms with Crippen molar-refractivity contribution in [3.8, 4) is 11.5 Å². The summed E-state index contributed by atoms with van der Waals surface area (Å²) in [5.41, 5.74) is 1.33. The van der Waals surface area contributed by atoms with Gasteiger partial charge in [0.15, 0.2) is 0 Å². The number of amides is 3. The van der Waals surface area contributed by atoms with E-state index in [0.29, 0.717) is 69.0 Å². The lowest BCUT2D eigenvalue weighted by atomic mass is 9.95. The summed E-state index contributed by atoms with van der Waals surface area (Å²) in [5, 5.41) is 3.00. The standard InChI is InChI=1S/C27H33N3O5/c1-34-24-11-10-21(19-23(24)30-15-6-5-9-26(30)32)28-27(33)20-12-16-29(17-13-20)25(31)14-18-35-22-7-3-2-4-8-22/h2-4,7-8,10-11,19-20H,5-6,9,12-18H2,1H3,(H,28,33). The first-order chi connectivity index (χ1) is 17.0. The van der Waals surface area contributed by atoms with Crippen LogP contribution in [0.5, 0.6) is 11.5 Å². The van der Waals surface area contributed by atoms with Crippen LogP contribution in [0, 0.1) is 5.92 Å². The number of carbonyl (C=O) groups is 3. The van der Waals surface area contributed by atoms with Gasteiger partial charge in [0.2, 0.25) is 17.7 Å². The fourth-order valence-electron chi connectivity index (χ4n) is 4.61. The monoisotopic (exact) mass is 479 g/mol. The first-order valence-corrected chi connectivity index (χ1v) is 12.3. The van der Waals surface area contributed by atoms with Crippen LogP contribution in [0.1, 0.15) is 38.5 Å². The van der Waals surface area contributed by atoms with E-state index in [2.05, 4.69) is 5.32 Å². The van der Waals surface area contributed by atoms with Crippen molar-refractivity contribution in [3.05, 3.63) is 48.5 Å². The Labute approximate surface area is 206 Å². The summed E-state index contributed by atoms with van der Waals surface area (Å²) in [4.78, 5) is 41.4. The Morgan fingerprint density at radius 2 is 1.80 bits per heavy atom. The molecule has 8 heteroatoms. The Kier molecular flexibility index (Phi) is 8.23. The molecule has 3 amide bonds. The van der Waals surface area contributed by atoms with Gasteiger partial charge in [-0.05, 0) is 56.0 Å². The summed E-state index contributed by atoms with van der Waals surface area (Å²) in [6, 6.07) is 14.8. The lowest BCUT2D eigenvalue weighted by Crippen LogP contribution is -2.41. The van der Waals surface area contributed by atoms with E-state index >= 15 is 0 Å². The molecule has 2 aliphatic rings. The number of nitrogens with one attached hydrogen (secondary N) is 1. The van der Waals surface area contributed by atoms with Crippen LogP contribution in [-0.4, -0.2) is 56.0 Å². The van der Waals surface area contributed by atoms with Crippen LogP contribution in [0.2, 0.25) is 0 Å². The van der Waals surface area contributed by atoms with Crippen molar-refractivity contribution >= 4 is 29.1 Å². The molecule has 0 saturated carbocycles. The molecule has 2 heterocycles. The van der Waals surface area contributed by atoms with Gasteiger partial charge in [0.05, 0.1) is 25.8 Å². The van der Waals surface area contributed by atoms with E-state index in [1.165, 1.54) is 0 Å². The lowest BCUT2D eigenvalue weighted by Gasteiger charge is -2.31. The van der Waals surface area contributed by atoms with Crippen molar-refractivity contribution in [2.75, 3.05) is 43.6 Å². The number of hydrogen-bond acceptors (Lipinski definition) is 5. The molecule has 0 unspecified atom stereocenters. The van der Waals surface area contributed by atoms with E-state index in [9.17, 15) is 14.4 Å². The predicted octanol–water partition coefficient (Wildman–Crippen LogP) is 3.86. The SMILES string of the molecule is COc1ccc(NC(=O)C2CCN(C(=O)CCOc3ccccc3)CC2)cc1N1CCCCC1=O. The second-order valence-electron chi connectivity index (χ2n) is 8.94. The summed E-state index contributed by atoms with van der Waals surface area (Å²) in [7, 11) is 1.58. The van der Waals surface area contributed by atoms with Gasteiger partial charge in [-0.25, -0.2) is 0 Å². The van der Waals surface area contributed by atoms with Crippen molar-refractivity contribution in [3.63, 3.8) is 0 Å². The molecule has 2 aliphatic heterocycles. The predicted molar refractivity (Wildman–Crippen MR) is 134 cm³/mol. The van der Waals surface area contributed by atoms with Crippen molar-refractivity contribution in [1.82, 2.24) is 4.90 Å². The minimum atomic E-state index is -0.165. The van der Waals surface area contributed by atoms with Gasteiger partial charge in [0.1, 0.15) is 11.5 Å². The molecule has 0 atom stereocenters. The maximum absolute atomic E-state index is 12.9. The van der Waals surface area contributed by atoms with Crippen molar-refractivity contribution in [2.24, 2.45) is 5.92 Å². The zero-order valence-electron chi connectivity index (χ0n) is 20.2. The molecule has 0 aliphatic carbocycles. The fraction of sp³-hybridized carbons (Fsp3) is 0.444. The maximum atomic E-state index is 12.9. The average molecular weight is 480 g/mol. The first kappa shape index (κ1) is 24.6. The van der Waals surface area contributed by atoms with Gasteiger partial charge in [0.25, 0.3) is 0 Å². The number of piperidine rings is 2. The Bertz CT molecular complexity index is 1030. The number of methoxy groups -OCH3 is 1. The molecular formula is C27H33N3O5. The third-order valence-electron chi connectivity index (χ3n) is 6.61. The number of rotatable bonds is 8. The van der Waals surface area contributed by atoms with Gasteiger partial charge in [0, 0.05) is 37.7 Å². The van der Waals surface area contributed by atoms with Gasteiger partial charge in [-0.15, -0.1) is 0 Å². The Balaban J connectivity index is 1.27. The van der Waals surface area contributed by atoms with Crippen LogP contribution in [-0.2, 0) is 14.4 Å². The molecule has 2 aromatic carbocycles. The smallest absolute Gasteiger partial charge is 0.227 e. The zero-order chi connectivity index (χ0) is 24.6. The summed E-state index contributed by atoms with van der Waals surface area (Å²) >= 11 is 0. The highest BCUT2D eigenvalue weighted by atomic mass is 16.5. The third-order valence-corrected chi connectivity index (χ3v) is 6.61. The number of nitrogens with zero attached hydrogens (tertiary/aromatic N) is 2. The molecule has 8 nitrogen and oxygen atoms in total. The van der Waals surface area contributed by atoms with E-state index in [4.69, 9.17) is 9.47 Å². The topological polar surface area (TPSA) is 88.2 Å². The Hall–Kier alpha value is -3.55. The molecular weight excluding hydrogens is 446 g/mol. The van der Waals surface area contributed by atoms with Crippen LogP contribution >= 0.6 is 0 Å². The van der Waals surface area contributed by atoms with Gasteiger partial charge in [-0.1, -0.05) is 18.2 Å². The number of anilines is 2. The highest BCUT2D eigenvalue weighted by molar-refractivity contribution is 5.98. The number of benzene rings is 2. The molecule has 186 valence electrons. The first-order valence-electron chi connectivity index (χ1n) is 12.3. The van der Waals surface area contributed by atoms with Crippen molar-refractivity contribution in [1.29, 1.82) is 0 Å². The number of likely N-dealkylation sites (tertiary alicyclic amines) is 1. The zero-order valence-corrected chi connectivity index (χ0v) is 20.2. The molecule has 0 spiro atoms. The van der Waals surface area contributed by atoms with Gasteiger partial charge in [-0.2, -0.15) is 0 Å². The number of ether oxygens (including phenoxy) is 2. The summed E-state index contributed by atoms with van der Waals surface area (Å²) in [6.45, 7) is 2.09. The summed E-state index contributed by atoms with van der Waals surface area (Å²) in [6.07, 6.45) is 3.91. The van der Waals surface area contributed by atoms with Crippen LogP contribution in [0.4, 0.5) is 11.4 Å². The van der Waals surface area contributed by atoms with Crippen molar-refractivity contribution in [2.45, 2.75) is 38.5 Å². The molecule has 4 rings (SSSR count). The molecule has 0 radical (unpaired) electrons. The fourth-order valence-corrected chi connectivity index (χ4v) is 4.61. The normalized spacial score (nSPS) is 16.7. The van der Waals surface area contributed by atoms with Gasteiger partial charge >= 0.3 is 0 Å². The van der Waals surface area contributed by atoms with E-state index < -0.39 is 0 Å². The molecule has 0 aromatic heterocycles. The third kappa shape index (κ3) is 6.32. The number of carbonyl (C=O) groups excluding carboxylic acids is 3. The molecule has 0 bridgehead atoms. The van der Waals surface area contributed by atoms with Gasteiger partial charge < -0.3 is 24.6 Å². The van der Waals surface area contributed by atoms with Crippen LogP contribution in [0.15, 0.2) is 48.5 Å². The number of hydrogen-bond donors (Lipinski definition) is 1. The van der Waals surface area contributed by atoms with E-state index in [1.807, 2.05) is 41.3 Å². The van der Waals surface area contributed by atoms with Crippen LogP contribution in [0.25, 0.3) is 0 Å². The molecule has 2 saturated heterocycles. The molecule has 1 N–H and O–H groups in total.